The molecule has 0 saturated heterocycles. The topological polar surface area (TPSA) is 58.6 Å². The van der Waals surface area contributed by atoms with Crippen molar-refractivity contribution in [1.29, 1.82) is 0 Å². The third-order valence-electron chi connectivity index (χ3n) is 4.29. The molecule has 0 unspecified atom stereocenters. The van der Waals surface area contributed by atoms with Gasteiger partial charge in [0.2, 0.25) is 0 Å². The second kappa shape index (κ2) is 7.85. The van der Waals surface area contributed by atoms with Crippen molar-refractivity contribution in [3.05, 3.63) is 83.4 Å². The van der Waals surface area contributed by atoms with Gasteiger partial charge in [-0.2, -0.15) is 0 Å². The maximum atomic E-state index is 12.4. The summed E-state index contributed by atoms with van der Waals surface area (Å²) in [6.45, 7) is 1.89. The van der Waals surface area contributed by atoms with E-state index in [0.29, 0.717) is 5.56 Å². The van der Waals surface area contributed by atoms with Gasteiger partial charge in [0.25, 0.3) is 5.91 Å². The van der Waals surface area contributed by atoms with E-state index < -0.39 is 0 Å². The number of methoxy groups -OCH3 is 1. The lowest BCUT2D eigenvalue weighted by Gasteiger charge is -2.12. The van der Waals surface area contributed by atoms with Gasteiger partial charge in [-0.05, 0) is 53.9 Å². The quantitative estimate of drug-likeness (QED) is 0.718. The smallest absolute Gasteiger partial charge is 0.255 e. The van der Waals surface area contributed by atoms with Gasteiger partial charge in [-0.3, -0.25) is 4.79 Å². The van der Waals surface area contributed by atoms with Crippen molar-refractivity contribution < 1.29 is 14.6 Å². The Kier molecular flexibility index (Phi) is 5.34. The van der Waals surface area contributed by atoms with Gasteiger partial charge in [0.15, 0.2) is 0 Å². The van der Waals surface area contributed by atoms with Crippen LogP contribution in [0, 0.1) is 6.92 Å². The van der Waals surface area contributed by atoms with Crippen molar-refractivity contribution in [2.24, 2.45) is 0 Å². The normalized spacial score (nSPS) is 10.4. The van der Waals surface area contributed by atoms with Crippen molar-refractivity contribution in [3.63, 3.8) is 0 Å². The van der Waals surface area contributed by atoms with Crippen LogP contribution in [0.1, 0.15) is 21.5 Å². The minimum absolute atomic E-state index is 0.0262. The van der Waals surface area contributed by atoms with Crippen LogP contribution in [0.15, 0.2) is 66.7 Å². The molecule has 0 spiro atoms. The number of aliphatic hydroxyl groups is 1. The number of hydrogen-bond donors (Lipinski definition) is 2. The second-order valence-electron chi connectivity index (χ2n) is 6.04. The SMILES string of the molecule is COc1ccc(CO)cc1-c1ccc(NC(=O)c2ccccc2C)cc1. The molecule has 0 aliphatic rings. The van der Waals surface area contributed by atoms with E-state index in [-0.39, 0.29) is 12.5 Å². The van der Waals surface area contributed by atoms with Crippen LogP contribution in [-0.4, -0.2) is 18.1 Å². The van der Waals surface area contributed by atoms with E-state index in [1.54, 1.807) is 7.11 Å². The Bertz CT molecular complexity index is 917. The summed E-state index contributed by atoms with van der Waals surface area (Å²) in [6.07, 6.45) is 0. The number of carbonyl (C=O) groups is 1. The molecule has 0 saturated carbocycles. The lowest BCUT2D eigenvalue weighted by atomic mass is 10.0. The van der Waals surface area contributed by atoms with Gasteiger partial charge in [0.1, 0.15) is 5.75 Å². The molecule has 3 aromatic carbocycles. The van der Waals surface area contributed by atoms with Crippen molar-refractivity contribution >= 4 is 11.6 Å². The Morgan fingerprint density at radius 2 is 1.77 bits per heavy atom. The fourth-order valence-corrected chi connectivity index (χ4v) is 2.84. The first-order valence-electron chi connectivity index (χ1n) is 8.37. The van der Waals surface area contributed by atoms with Crippen molar-refractivity contribution in [3.8, 4) is 16.9 Å². The third kappa shape index (κ3) is 3.76. The standard InChI is InChI=1S/C22H21NO3/c1-15-5-3-4-6-19(15)22(25)23-18-10-8-17(9-11-18)20-13-16(14-24)7-12-21(20)26-2/h3-13,24H,14H2,1-2H3,(H,23,25). The number of hydrogen-bond acceptors (Lipinski definition) is 3. The van der Waals surface area contributed by atoms with Crippen LogP contribution < -0.4 is 10.1 Å². The minimum Gasteiger partial charge on any atom is -0.496 e. The molecule has 4 nitrogen and oxygen atoms in total. The van der Waals surface area contributed by atoms with Gasteiger partial charge >= 0.3 is 0 Å². The number of aryl methyl sites for hydroxylation is 1. The Labute approximate surface area is 153 Å². The van der Waals surface area contributed by atoms with E-state index in [4.69, 9.17) is 4.74 Å². The van der Waals surface area contributed by atoms with E-state index >= 15 is 0 Å². The molecular weight excluding hydrogens is 326 g/mol. The van der Waals surface area contributed by atoms with Crippen LogP contribution in [0.3, 0.4) is 0 Å². The molecule has 1 amide bonds. The Balaban J connectivity index is 1.83. The summed E-state index contributed by atoms with van der Waals surface area (Å²) in [6, 6.07) is 20.6. The summed E-state index contributed by atoms with van der Waals surface area (Å²) in [5.41, 5.74) is 4.99. The van der Waals surface area contributed by atoms with E-state index in [1.807, 2.05) is 73.7 Å². The number of benzene rings is 3. The van der Waals surface area contributed by atoms with Crippen LogP contribution in [-0.2, 0) is 6.61 Å². The van der Waals surface area contributed by atoms with E-state index in [2.05, 4.69) is 5.32 Å². The van der Waals surface area contributed by atoms with Gasteiger partial charge in [-0.1, -0.05) is 36.4 Å². The van der Waals surface area contributed by atoms with Gasteiger partial charge in [-0.15, -0.1) is 0 Å². The number of ether oxygens (including phenoxy) is 1. The zero-order valence-electron chi connectivity index (χ0n) is 14.8. The molecule has 3 rings (SSSR count). The summed E-state index contributed by atoms with van der Waals surface area (Å²) in [5, 5.41) is 12.3. The summed E-state index contributed by atoms with van der Waals surface area (Å²) in [4.78, 5) is 12.4. The number of carbonyl (C=O) groups excluding carboxylic acids is 1. The highest BCUT2D eigenvalue weighted by molar-refractivity contribution is 6.05. The maximum Gasteiger partial charge on any atom is 0.255 e. The van der Waals surface area contributed by atoms with Crippen LogP contribution in [0.5, 0.6) is 5.75 Å². The fourth-order valence-electron chi connectivity index (χ4n) is 2.84. The molecule has 0 bridgehead atoms. The number of amides is 1. The van der Waals surface area contributed by atoms with Gasteiger partial charge in [0, 0.05) is 16.8 Å². The van der Waals surface area contributed by atoms with Gasteiger partial charge < -0.3 is 15.2 Å². The predicted octanol–water partition coefficient (Wildman–Crippen LogP) is 4.42. The molecule has 0 fully saturated rings. The molecule has 0 atom stereocenters. The number of nitrogens with one attached hydrogen (secondary N) is 1. The van der Waals surface area contributed by atoms with E-state index in [0.717, 1.165) is 33.7 Å². The largest absolute Gasteiger partial charge is 0.496 e. The maximum absolute atomic E-state index is 12.4. The van der Waals surface area contributed by atoms with E-state index in [9.17, 15) is 9.90 Å². The van der Waals surface area contributed by atoms with Crippen LogP contribution in [0.4, 0.5) is 5.69 Å². The third-order valence-corrected chi connectivity index (χ3v) is 4.29. The molecule has 132 valence electrons. The monoisotopic (exact) mass is 347 g/mol. The highest BCUT2D eigenvalue weighted by Crippen LogP contribution is 2.31. The van der Waals surface area contributed by atoms with Crippen LogP contribution in [0.25, 0.3) is 11.1 Å². The molecule has 0 aromatic heterocycles. The number of rotatable bonds is 5. The highest BCUT2D eigenvalue weighted by atomic mass is 16.5. The zero-order chi connectivity index (χ0) is 18.5. The number of aliphatic hydroxyl groups excluding tert-OH is 1. The van der Waals surface area contributed by atoms with Crippen molar-refractivity contribution in [2.45, 2.75) is 13.5 Å². The molecule has 0 heterocycles. The summed E-state index contributed by atoms with van der Waals surface area (Å²) in [7, 11) is 1.62. The Morgan fingerprint density at radius 1 is 1.04 bits per heavy atom. The molecule has 0 radical (unpaired) electrons. The van der Waals surface area contributed by atoms with Crippen molar-refractivity contribution in [1.82, 2.24) is 0 Å². The Morgan fingerprint density at radius 3 is 2.42 bits per heavy atom. The summed E-state index contributed by atoms with van der Waals surface area (Å²) < 4.78 is 5.41. The molecule has 3 aromatic rings. The molecule has 2 N–H and O–H groups in total. The highest BCUT2D eigenvalue weighted by Gasteiger charge is 2.10. The molecule has 26 heavy (non-hydrogen) atoms. The summed E-state index contributed by atoms with van der Waals surface area (Å²) >= 11 is 0. The second-order valence-corrected chi connectivity index (χ2v) is 6.04. The van der Waals surface area contributed by atoms with Crippen LogP contribution in [0.2, 0.25) is 0 Å². The first-order valence-corrected chi connectivity index (χ1v) is 8.37. The molecule has 0 aliphatic heterocycles. The lowest BCUT2D eigenvalue weighted by Crippen LogP contribution is -2.13. The first kappa shape index (κ1) is 17.7. The average molecular weight is 347 g/mol. The zero-order valence-corrected chi connectivity index (χ0v) is 14.8. The minimum atomic E-state index is -0.129. The van der Waals surface area contributed by atoms with Crippen LogP contribution >= 0.6 is 0 Å². The Hall–Kier alpha value is -3.11. The summed E-state index contributed by atoms with van der Waals surface area (Å²) in [5.74, 6) is 0.606. The van der Waals surface area contributed by atoms with Gasteiger partial charge in [-0.25, -0.2) is 0 Å². The fraction of sp³-hybridized carbons (Fsp3) is 0.136. The van der Waals surface area contributed by atoms with E-state index in [1.165, 1.54) is 0 Å². The van der Waals surface area contributed by atoms with Gasteiger partial charge in [0.05, 0.1) is 13.7 Å². The molecule has 0 aliphatic carbocycles. The predicted molar refractivity (Wildman–Crippen MR) is 103 cm³/mol. The van der Waals surface area contributed by atoms with Crippen molar-refractivity contribution in [2.75, 3.05) is 12.4 Å². The molecule has 4 heteroatoms. The number of anilines is 1. The first-order chi connectivity index (χ1) is 12.6. The molecular formula is C22H21NO3. The lowest BCUT2D eigenvalue weighted by molar-refractivity contribution is 0.102. The average Bonchev–Trinajstić information content (AvgIpc) is 2.68.